The van der Waals surface area contributed by atoms with Crippen molar-refractivity contribution in [2.24, 2.45) is 5.92 Å². The van der Waals surface area contributed by atoms with Crippen LogP contribution in [0.3, 0.4) is 0 Å². The van der Waals surface area contributed by atoms with Gasteiger partial charge in [-0.3, -0.25) is 14.4 Å². The van der Waals surface area contributed by atoms with Crippen LogP contribution in [0.5, 0.6) is 0 Å². The van der Waals surface area contributed by atoms with Gasteiger partial charge < -0.3 is 25.4 Å². The van der Waals surface area contributed by atoms with E-state index in [1.807, 2.05) is 19.9 Å². The Morgan fingerprint density at radius 2 is 1.57 bits per heavy atom. The first-order valence-electron chi connectivity index (χ1n) is 13.1. The molecule has 0 fully saturated rings. The Morgan fingerprint density at radius 1 is 0.950 bits per heavy atom. The van der Waals surface area contributed by atoms with Gasteiger partial charge in [-0.2, -0.15) is 0 Å². The highest BCUT2D eigenvalue weighted by Gasteiger charge is 2.27. The zero-order valence-corrected chi connectivity index (χ0v) is 25.2. The fraction of sp³-hybridized carbons (Fsp3) is 0.571. The summed E-state index contributed by atoms with van der Waals surface area (Å²) in [6.07, 6.45) is 1.80. The molecule has 1 aromatic rings. The molecule has 0 bridgehead atoms. The average Bonchev–Trinajstić information content (AvgIpc) is 2.82. The molecule has 12 heteroatoms. The maximum Gasteiger partial charge on any atom is 0.408 e. The minimum absolute atomic E-state index is 0.0237. The van der Waals surface area contributed by atoms with Crippen molar-refractivity contribution in [3.63, 3.8) is 0 Å². The lowest BCUT2D eigenvalue weighted by Crippen LogP contribution is -2.54. The first-order chi connectivity index (χ1) is 18.4. The van der Waals surface area contributed by atoms with Gasteiger partial charge in [0.15, 0.2) is 9.84 Å². The highest BCUT2D eigenvalue weighted by atomic mass is 32.2. The molecule has 3 atom stereocenters. The quantitative estimate of drug-likeness (QED) is 0.283. The van der Waals surface area contributed by atoms with Crippen LogP contribution in [-0.2, 0) is 40.3 Å². The van der Waals surface area contributed by atoms with Crippen molar-refractivity contribution in [1.82, 2.24) is 16.0 Å². The molecule has 1 aromatic carbocycles. The predicted molar refractivity (Wildman–Crippen MR) is 152 cm³/mol. The van der Waals surface area contributed by atoms with Gasteiger partial charge in [0, 0.05) is 24.1 Å². The number of carbonyl (C=O) groups excluding carboxylic acids is 4. The Kier molecular flexibility index (Phi) is 13.8. The smallest absolute Gasteiger partial charge is 0.408 e. The van der Waals surface area contributed by atoms with Crippen LogP contribution in [0.2, 0.25) is 0 Å². The second-order valence-electron chi connectivity index (χ2n) is 11.0. The summed E-state index contributed by atoms with van der Waals surface area (Å²) >= 11 is 0. The molecule has 0 aromatic heterocycles. The van der Waals surface area contributed by atoms with E-state index in [1.165, 1.54) is 13.0 Å². The predicted octanol–water partition coefficient (Wildman–Crippen LogP) is 3.00. The number of alkyl carbamates (subject to hydrolysis) is 1. The molecule has 3 amide bonds. The zero-order chi connectivity index (χ0) is 30.5. The van der Waals surface area contributed by atoms with Gasteiger partial charge in [0.2, 0.25) is 11.8 Å². The summed E-state index contributed by atoms with van der Waals surface area (Å²) in [6, 6.07) is 6.17. The molecule has 0 heterocycles. The van der Waals surface area contributed by atoms with Crippen molar-refractivity contribution in [3.05, 3.63) is 47.4 Å². The Morgan fingerprint density at radius 3 is 2.12 bits per heavy atom. The van der Waals surface area contributed by atoms with Gasteiger partial charge in [-0.05, 0) is 52.0 Å². The van der Waals surface area contributed by atoms with Crippen molar-refractivity contribution < 1.29 is 37.1 Å². The monoisotopic (exact) mass is 581 g/mol. The summed E-state index contributed by atoms with van der Waals surface area (Å²) in [5.41, 5.74) is 0.0280. The SMILES string of the molecule is CC(C)CC(C=CS(C)(=O)=O)NC(=O)C(C)NC(=O)C(CCC(=O)OC(C)(C)C)NC(=O)OCc1ccccc1. The summed E-state index contributed by atoms with van der Waals surface area (Å²) in [6.45, 7) is 10.4. The second kappa shape index (κ2) is 16.0. The van der Waals surface area contributed by atoms with Gasteiger partial charge in [-0.15, -0.1) is 0 Å². The summed E-state index contributed by atoms with van der Waals surface area (Å²) < 4.78 is 33.6. The Balaban J connectivity index is 2.90. The van der Waals surface area contributed by atoms with Crippen molar-refractivity contribution >= 4 is 33.7 Å². The van der Waals surface area contributed by atoms with E-state index in [9.17, 15) is 27.6 Å². The van der Waals surface area contributed by atoms with E-state index in [0.29, 0.717) is 6.42 Å². The minimum atomic E-state index is -3.39. The molecule has 0 aliphatic heterocycles. The molecule has 0 aliphatic rings. The van der Waals surface area contributed by atoms with E-state index in [-0.39, 0.29) is 25.4 Å². The first-order valence-corrected chi connectivity index (χ1v) is 15.1. The molecular weight excluding hydrogens is 538 g/mol. The molecule has 0 radical (unpaired) electrons. The molecule has 0 saturated carbocycles. The van der Waals surface area contributed by atoms with Crippen LogP contribution in [0.4, 0.5) is 4.79 Å². The number of rotatable bonds is 14. The van der Waals surface area contributed by atoms with Gasteiger partial charge in [-0.25, -0.2) is 13.2 Å². The largest absolute Gasteiger partial charge is 0.460 e. The van der Waals surface area contributed by atoms with E-state index in [1.54, 1.807) is 45.0 Å². The topological polar surface area (TPSA) is 157 Å². The molecule has 3 N–H and O–H groups in total. The number of esters is 1. The van der Waals surface area contributed by atoms with Crippen LogP contribution in [0.1, 0.15) is 66.4 Å². The maximum atomic E-state index is 13.1. The van der Waals surface area contributed by atoms with Crippen molar-refractivity contribution in [2.75, 3.05) is 6.26 Å². The van der Waals surface area contributed by atoms with Gasteiger partial charge in [0.1, 0.15) is 24.3 Å². The van der Waals surface area contributed by atoms with Crippen LogP contribution < -0.4 is 16.0 Å². The lowest BCUT2D eigenvalue weighted by Gasteiger charge is -2.24. The highest BCUT2D eigenvalue weighted by molar-refractivity contribution is 7.93. The van der Waals surface area contributed by atoms with E-state index in [4.69, 9.17) is 9.47 Å². The Bertz CT molecular complexity index is 1130. The number of ether oxygens (including phenoxy) is 2. The van der Waals surface area contributed by atoms with E-state index >= 15 is 0 Å². The third-order valence-electron chi connectivity index (χ3n) is 5.24. The fourth-order valence-corrected chi connectivity index (χ4v) is 3.92. The lowest BCUT2D eigenvalue weighted by atomic mass is 10.0. The van der Waals surface area contributed by atoms with Crippen LogP contribution in [0.25, 0.3) is 0 Å². The van der Waals surface area contributed by atoms with Crippen molar-refractivity contribution in [3.8, 4) is 0 Å². The van der Waals surface area contributed by atoms with Crippen LogP contribution in [0, 0.1) is 5.92 Å². The number of hydrogen-bond acceptors (Lipinski definition) is 8. The number of benzene rings is 1. The number of sulfone groups is 1. The number of carbonyl (C=O) groups is 4. The first kappa shape index (κ1) is 34.6. The second-order valence-corrected chi connectivity index (χ2v) is 12.9. The molecule has 0 aliphatic carbocycles. The van der Waals surface area contributed by atoms with Gasteiger partial charge in [-0.1, -0.05) is 50.3 Å². The highest BCUT2D eigenvalue weighted by Crippen LogP contribution is 2.11. The molecule has 3 unspecified atom stereocenters. The third kappa shape index (κ3) is 15.9. The van der Waals surface area contributed by atoms with E-state index in [2.05, 4.69) is 16.0 Å². The molecule has 224 valence electrons. The van der Waals surface area contributed by atoms with E-state index < -0.39 is 57.4 Å². The number of nitrogens with one attached hydrogen (secondary N) is 3. The molecule has 40 heavy (non-hydrogen) atoms. The molecular formula is C28H43N3O8S. The molecule has 0 saturated heterocycles. The Labute approximate surface area is 237 Å². The number of amides is 3. The molecule has 0 spiro atoms. The summed E-state index contributed by atoms with van der Waals surface area (Å²) in [5, 5.41) is 8.77. The number of hydrogen-bond donors (Lipinski definition) is 3. The fourth-order valence-electron chi connectivity index (χ4n) is 3.45. The Hall–Kier alpha value is -3.41. The zero-order valence-electron chi connectivity index (χ0n) is 24.4. The summed E-state index contributed by atoms with van der Waals surface area (Å²) in [4.78, 5) is 50.6. The van der Waals surface area contributed by atoms with Crippen LogP contribution in [-0.4, -0.2) is 62.3 Å². The van der Waals surface area contributed by atoms with Gasteiger partial charge in [0.05, 0.1) is 0 Å². The van der Waals surface area contributed by atoms with Crippen LogP contribution in [0.15, 0.2) is 41.8 Å². The average molecular weight is 582 g/mol. The van der Waals surface area contributed by atoms with Crippen molar-refractivity contribution in [2.45, 2.75) is 91.1 Å². The maximum absolute atomic E-state index is 13.1. The van der Waals surface area contributed by atoms with Gasteiger partial charge >= 0.3 is 12.1 Å². The summed E-state index contributed by atoms with van der Waals surface area (Å²) in [7, 11) is -3.39. The standard InChI is InChI=1S/C28H43N3O8S/c1-19(2)17-22(15-16-40(7,36)37)30-25(33)20(3)29-26(34)23(13-14-24(32)39-28(4,5)6)31-27(35)38-18-21-11-9-8-10-12-21/h8-12,15-16,19-20,22-23H,13-14,17-18H2,1-7H3,(H,29,34)(H,30,33)(H,31,35). The molecule has 11 nitrogen and oxygen atoms in total. The normalized spacial score (nSPS) is 14.2. The van der Waals surface area contributed by atoms with Crippen LogP contribution >= 0.6 is 0 Å². The lowest BCUT2D eigenvalue weighted by molar-refractivity contribution is -0.155. The van der Waals surface area contributed by atoms with Crippen molar-refractivity contribution in [1.29, 1.82) is 0 Å². The third-order valence-corrected chi connectivity index (χ3v) is 5.89. The van der Waals surface area contributed by atoms with E-state index in [0.717, 1.165) is 17.2 Å². The minimum Gasteiger partial charge on any atom is -0.460 e. The summed E-state index contributed by atoms with van der Waals surface area (Å²) in [5.74, 6) is -1.64. The van der Waals surface area contributed by atoms with Gasteiger partial charge in [0.25, 0.3) is 0 Å². The molecule has 1 rings (SSSR count).